The molecule has 0 saturated heterocycles. The van der Waals surface area contributed by atoms with Crippen LogP contribution in [0.1, 0.15) is 0 Å². The van der Waals surface area contributed by atoms with Crippen molar-refractivity contribution >= 4 is 8.07 Å². The molecule has 0 spiro atoms. The zero-order chi connectivity index (χ0) is 27.0. The van der Waals surface area contributed by atoms with Crippen LogP contribution < -0.4 is 0 Å². The smallest absolute Gasteiger partial charge is 0.203 e. The fraction of sp³-hybridized carbons (Fsp3) is 1.00. The van der Waals surface area contributed by atoms with Gasteiger partial charge in [-0.05, 0) is 0 Å². The van der Waals surface area contributed by atoms with E-state index in [1.807, 2.05) is 0 Å². The molecular formula is C9F22Si. The number of rotatable bonds is 5. The van der Waals surface area contributed by atoms with E-state index in [2.05, 4.69) is 0 Å². The third-order valence-electron chi connectivity index (χ3n) is 3.68. The topological polar surface area (TPSA) is 0 Å². The van der Waals surface area contributed by atoms with Crippen molar-refractivity contribution in [3.8, 4) is 0 Å². The molecule has 23 heteroatoms. The molecule has 0 amide bonds. The van der Waals surface area contributed by atoms with E-state index in [-0.39, 0.29) is 0 Å². The molecule has 0 aliphatic heterocycles. The molecule has 0 atom stereocenters. The van der Waals surface area contributed by atoms with Crippen molar-refractivity contribution < 1.29 is 96.6 Å². The Morgan fingerprint density at radius 1 is 0.281 bits per heavy atom. The Bertz CT molecular complexity index is 646. The van der Waals surface area contributed by atoms with E-state index in [9.17, 15) is 96.6 Å². The van der Waals surface area contributed by atoms with E-state index in [4.69, 9.17) is 0 Å². The molecule has 0 nitrogen and oxygen atoms in total. The summed E-state index contributed by atoms with van der Waals surface area (Å²) in [5, 5.41) is 0. The van der Waals surface area contributed by atoms with Gasteiger partial charge < -0.3 is 0 Å². The van der Waals surface area contributed by atoms with Crippen LogP contribution in [0.4, 0.5) is 96.6 Å². The fourth-order valence-corrected chi connectivity index (χ4v) is 4.68. The van der Waals surface area contributed by atoms with Crippen molar-refractivity contribution in [1.82, 2.24) is 0 Å². The summed E-state index contributed by atoms with van der Waals surface area (Å²) in [5.74, 6) is -62.4. The highest BCUT2D eigenvalue weighted by Crippen LogP contribution is 2.66. The van der Waals surface area contributed by atoms with Crippen LogP contribution in [0.2, 0.25) is 0 Å². The molecule has 0 aromatic rings. The largest absolute Gasteiger partial charge is 0.504 e. The van der Waals surface area contributed by atoms with Gasteiger partial charge >= 0.3 is 60.9 Å². The Kier molecular flexibility index (Phi) is 6.80. The van der Waals surface area contributed by atoms with Gasteiger partial charge in [0, 0.05) is 0 Å². The van der Waals surface area contributed by atoms with Gasteiger partial charge in [-0.15, -0.1) is 0 Å². The number of halogens is 22. The molecule has 0 saturated carbocycles. The summed E-state index contributed by atoms with van der Waals surface area (Å²) in [6, 6.07) is 0. The molecule has 0 unspecified atom stereocenters. The first-order valence-corrected chi connectivity index (χ1v) is 8.41. The third-order valence-corrected chi connectivity index (χ3v) is 7.49. The van der Waals surface area contributed by atoms with Crippen LogP contribution in [0.5, 0.6) is 0 Å². The second-order valence-corrected chi connectivity index (χ2v) is 9.44. The Morgan fingerprint density at radius 2 is 0.500 bits per heavy atom. The Hall–Kier alpha value is -1.32. The summed E-state index contributed by atoms with van der Waals surface area (Å²) in [6.45, 7) is 0. The van der Waals surface area contributed by atoms with E-state index < -0.39 is 60.9 Å². The van der Waals surface area contributed by atoms with Crippen molar-refractivity contribution in [3.63, 3.8) is 0 Å². The average Bonchev–Trinajstić information content (AvgIpc) is 2.39. The van der Waals surface area contributed by atoms with Crippen molar-refractivity contribution in [2.45, 2.75) is 52.8 Å². The maximum Gasteiger partial charge on any atom is 0.504 e. The highest BCUT2D eigenvalue weighted by molar-refractivity contribution is 6.87. The predicted molar refractivity (Wildman–Crippen MR) is 54.7 cm³/mol. The molecule has 0 radical (unpaired) electrons. The van der Waals surface area contributed by atoms with Crippen molar-refractivity contribution in [1.29, 1.82) is 0 Å². The van der Waals surface area contributed by atoms with E-state index in [0.717, 1.165) is 0 Å². The first kappa shape index (κ1) is 30.7. The summed E-state index contributed by atoms with van der Waals surface area (Å²) in [7, 11) is -11.5. The van der Waals surface area contributed by atoms with Crippen LogP contribution in [0.3, 0.4) is 0 Å². The summed E-state index contributed by atoms with van der Waals surface area (Å²) < 4.78 is 279. The number of alkyl halides is 22. The molecule has 0 bridgehead atoms. The van der Waals surface area contributed by atoms with Gasteiger partial charge in [0.15, 0.2) is 0 Å². The lowest BCUT2D eigenvalue weighted by Gasteiger charge is -2.46. The number of hydrogen-bond donors (Lipinski definition) is 0. The molecule has 0 aliphatic carbocycles. The van der Waals surface area contributed by atoms with Crippen LogP contribution in [-0.2, 0) is 0 Å². The second-order valence-electron chi connectivity index (χ2n) is 5.61. The maximum atomic E-state index is 13.5. The molecule has 0 rings (SSSR count). The van der Waals surface area contributed by atoms with E-state index >= 15 is 0 Å². The minimum atomic E-state index is -11.5. The number of hydrogen-bond acceptors (Lipinski definition) is 0. The quantitative estimate of drug-likeness (QED) is 0.253. The van der Waals surface area contributed by atoms with Crippen LogP contribution in [-0.4, -0.2) is 60.9 Å². The fourth-order valence-electron chi connectivity index (χ4n) is 2.02. The lowest BCUT2D eigenvalue weighted by atomic mass is 9.98. The van der Waals surface area contributed by atoms with E-state index in [1.54, 1.807) is 0 Å². The standard InChI is InChI=1S/C9F22Si/c10-1(11,3(14,15)5(18,19)20)2(12,13)4(16,17)6(21,22)32(7(23,24)25,8(26,27)28)9(29,30)31. The van der Waals surface area contributed by atoms with Crippen LogP contribution in [0.25, 0.3) is 0 Å². The Morgan fingerprint density at radius 3 is 0.688 bits per heavy atom. The van der Waals surface area contributed by atoms with Gasteiger partial charge in [0.25, 0.3) is 0 Å². The van der Waals surface area contributed by atoms with Crippen LogP contribution in [0.15, 0.2) is 0 Å². The van der Waals surface area contributed by atoms with Crippen LogP contribution in [0, 0.1) is 0 Å². The molecule has 0 aromatic heterocycles. The zero-order valence-electron chi connectivity index (χ0n) is 13.3. The lowest BCUT2D eigenvalue weighted by Crippen LogP contribution is -2.87. The van der Waals surface area contributed by atoms with Crippen molar-refractivity contribution in [2.24, 2.45) is 0 Å². The van der Waals surface area contributed by atoms with E-state index in [0.29, 0.717) is 0 Å². The molecular weight excluding hydrogens is 554 g/mol. The molecule has 32 heavy (non-hydrogen) atoms. The van der Waals surface area contributed by atoms with Gasteiger partial charge in [0.1, 0.15) is 0 Å². The molecule has 0 heterocycles. The molecule has 0 fully saturated rings. The monoisotopic (exact) mass is 554 g/mol. The van der Waals surface area contributed by atoms with Gasteiger partial charge in [0.05, 0.1) is 0 Å². The molecule has 0 aliphatic rings. The normalized spacial score (nSPS) is 17.1. The predicted octanol–water partition coefficient (Wildman–Crippen LogP) is 7.02. The van der Waals surface area contributed by atoms with Gasteiger partial charge in [0.2, 0.25) is 0 Å². The third kappa shape index (κ3) is 3.46. The average molecular weight is 554 g/mol. The Labute approximate surface area is 159 Å². The summed E-state index contributed by atoms with van der Waals surface area (Å²) in [6.07, 6.45) is -8.09. The lowest BCUT2D eigenvalue weighted by molar-refractivity contribution is -0.436. The minimum absolute atomic E-state index is 8.09. The van der Waals surface area contributed by atoms with Crippen molar-refractivity contribution in [3.05, 3.63) is 0 Å². The minimum Gasteiger partial charge on any atom is -0.203 e. The first-order valence-electron chi connectivity index (χ1n) is 6.41. The SMILES string of the molecule is FC(F)(F)C(F)(F)C(F)(F)C(F)(F)C(F)(F)C(F)(F)[Si](C(F)(F)F)(C(F)(F)F)C(F)(F)F. The molecule has 0 aromatic carbocycles. The first-order chi connectivity index (χ1) is 13.2. The summed E-state index contributed by atoms with van der Waals surface area (Å²) >= 11 is 0. The highest BCUT2D eigenvalue weighted by atomic mass is 28.3. The maximum absolute atomic E-state index is 13.5. The molecule has 0 N–H and O–H groups in total. The summed E-state index contributed by atoms with van der Waals surface area (Å²) in [4.78, 5) is 0. The summed E-state index contributed by atoms with van der Waals surface area (Å²) in [5.41, 5.74) is -9.46. The Balaban J connectivity index is 7.57. The van der Waals surface area contributed by atoms with Gasteiger partial charge in [-0.3, -0.25) is 0 Å². The van der Waals surface area contributed by atoms with Gasteiger partial charge in [-0.2, -0.15) is 87.8 Å². The van der Waals surface area contributed by atoms with Crippen molar-refractivity contribution in [2.75, 3.05) is 0 Å². The highest BCUT2D eigenvalue weighted by Gasteiger charge is 3.05. The van der Waals surface area contributed by atoms with Gasteiger partial charge in [-0.25, -0.2) is 8.78 Å². The van der Waals surface area contributed by atoms with Crippen LogP contribution >= 0.6 is 0 Å². The second kappa shape index (κ2) is 7.09. The molecule has 194 valence electrons. The zero-order valence-corrected chi connectivity index (χ0v) is 14.3. The van der Waals surface area contributed by atoms with Gasteiger partial charge in [-0.1, -0.05) is 0 Å². The van der Waals surface area contributed by atoms with E-state index in [1.165, 1.54) is 0 Å².